The van der Waals surface area contributed by atoms with Gasteiger partial charge < -0.3 is 14.8 Å². The first-order valence-corrected chi connectivity index (χ1v) is 6.59. The van der Waals surface area contributed by atoms with Crippen LogP contribution in [-0.4, -0.2) is 28.7 Å². The molecule has 0 fully saturated rings. The highest BCUT2D eigenvalue weighted by atomic mass is 19.3. The molecule has 2 rings (SSSR count). The van der Waals surface area contributed by atoms with Crippen molar-refractivity contribution in [2.75, 3.05) is 19.0 Å². The summed E-state index contributed by atoms with van der Waals surface area (Å²) in [6, 6.07) is 1.65. The third-order valence-electron chi connectivity index (χ3n) is 2.71. The van der Waals surface area contributed by atoms with Crippen LogP contribution >= 0.6 is 0 Å². The van der Waals surface area contributed by atoms with E-state index in [4.69, 9.17) is 9.47 Å². The second-order valence-electron chi connectivity index (χ2n) is 4.43. The Labute approximate surface area is 126 Å². The Hall–Kier alpha value is -2.51. The zero-order chi connectivity index (χ0) is 16.2. The summed E-state index contributed by atoms with van der Waals surface area (Å²) in [5.41, 5.74) is 0.541. The third-order valence-corrected chi connectivity index (χ3v) is 2.71. The molecular weight excluding hydrogens is 294 g/mol. The number of pyridine rings is 1. The summed E-state index contributed by atoms with van der Waals surface area (Å²) in [5, 5.41) is 2.91. The van der Waals surface area contributed by atoms with E-state index in [1.54, 1.807) is 12.3 Å². The number of anilines is 2. The van der Waals surface area contributed by atoms with E-state index in [1.165, 1.54) is 19.5 Å². The Morgan fingerprint density at radius 1 is 1.27 bits per heavy atom. The molecule has 8 heteroatoms. The molecule has 0 spiro atoms. The summed E-state index contributed by atoms with van der Waals surface area (Å²) < 4.78 is 37.3. The van der Waals surface area contributed by atoms with Gasteiger partial charge in [-0.3, -0.25) is 4.98 Å². The van der Waals surface area contributed by atoms with Crippen molar-refractivity contribution in [2.24, 2.45) is 0 Å². The molecule has 0 aliphatic rings. The van der Waals surface area contributed by atoms with Gasteiger partial charge in [0.1, 0.15) is 0 Å². The van der Waals surface area contributed by atoms with Crippen molar-refractivity contribution in [1.82, 2.24) is 15.0 Å². The van der Waals surface area contributed by atoms with E-state index in [-0.39, 0.29) is 11.6 Å². The minimum Gasteiger partial charge on any atom is -0.491 e. The Bertz CT molecular complexity index is 647. The number of nitrogens with zero attached hydrogens (tertiary/aromatic N) is 3. The first-order chi connectivity index (χ1) is 10.5. The smallest absolute Gasteiger partial charge is 0.303 e. The van der Waals surface area contributed by atoms with Crippen molar-refractivity contribution in [3.8, 4) is 11.5 Å². The summed E-state index contributed by atoms with van der Waals surface area (Å²) >= 11 is 0. The van der Waals surface area contributed by atoms with Gasteiger partial charge in [-0.1, -0.05) is 0 Å². The van der Waals surface area contributed by atoms with E-state index >= 15 is 0 Å². The number of rotatable bonds is 6. The van der Waals surface area contributed by atoms with Crippen LogP contribution in [0.25, 0.3) is 0 Å². The lowest BCUT2D eigenvalue weighted by molar-refractivity contribution is 0.00773. The number of ether oxygens (including phenoxy) is 2. The first-order valence-electron chi connectivity index (χ1n) is 6.59. The fraction of sp³-hybridized carbons (Fsp3) is 0.357. The average molecular weight is 310 g/mol. The van der Waals surface area contributed by atoms with Crippen molar-refractivity contribution >= 4 is 11.5 Å². The van der Waals surface area contributed by atoms with Crippen molar-refractivity contribution in [3.63, 3.8) is 0 Å². The molecule has 0 aliphatic carbocycles. The predicted octanol–water partition coefficient (Wildman–Crippen LogP) is 3.13. The molecule has 0 unspecified atom stereocenters. The summed E-state index contributed by atoms with van der Waals surface area (Å²) in [4.78, 5) is 11.4. The highest BCUT2D eigenvalue weighted by Crippen LogP contribution is 2.32. The van der Waals surface area contributed by atoms with Gasteiger partial charge in [-0.15, -0.1) is 0 Å². The molecule has 0 amide bonds. The highest BCUT2D eigenvalue weighted by Gasteiger charge is 2.29. The maximum Gasteiger partial charge on any atom is 0.303 e. The molecular formula is C14H16F2N4O2. The van der Waals surface area contributed by atoms with Crippen LogP contribution in [0.3, 0.4) is 0 Å². The molecule has 118 valence electrons. The maximum absolute atomic E-state index is 13.4. The van der Waals surface area contributed by atoms with Crippen LogP contribution in [0.4, 0.5) is 20.3 Å². The fourth-order valence-corrected chi connectivity index (χ4v) is 1.70. The van der Waals surface area contributed by atoms with Crippen LogP contribution in [0, 0.1) is 0 Å². The van der Waals surface area contributed by atoms with E-state index in [0.717, 1.165) is 6.92 Å². The average Bonchev–Trinajstić information content (AvgIpc) is 2.48. The van der Waals surface area contributed by atoms with E-state index in [9.17, 15) is 8.78 Å². The Balaban J connectivity index is 2.40. The number of hydrogen-bond acceptors (Lipinski definition) is 6. The molecule has 22 heavy (non-hydrogen) atoms. The van der Waals surface area contributed by atoms with E-state index in [2.05, 4.69) is 20.3 Å². The Morgan fingerprint density at radius 3 is 2.68 bits per heavy atom. The first kappa shape index (κ1) is 15.9. The summed E-state index contributed by atoms with van der Waals surface area (Å²) in [6.45, 7) is 3.01. The van der Waals surface area contributed by atoms with Crippen LogP contribution in [0.15, 0.2) is 24.7 Å². The van der Waals surface area contributed by atoms with Crippen LogP contribution in [0.1, 0.15) is 19.7 Å². The van der Waals surface area contributed by atoms with E-state index in [0.29, 0.717) is 18.0 Å². The molecule has 0 saturated carbocycles. The van der Waals surface area contributed by atoms with Gasteiger partial charge in [0.25, 0.3) is 0 Å². The van der Waals surface area contributed by atoms with Crippen LogP contribution in [-0.2, 0) is 5.92 Å². The highest BCUT2D eigenvalue weighted by molar-refractivity contribution is 5.66. The van der Waals surface area contributed by atoms with Gasteiger partial charge in [0, 0.05) is 13.1 Å². The molecule has 2 heterocycles. The molecule has 0 saturated heterocycles. The van der Waals surface area contributed by atoms with Crippen molar-refractivity contribution in [3.05, 3.63) is 30.5 Å². The lowest BCUT2D eigenvalue weighted by Crippen LogP contribution is -2.14. The number of alkyl halides is 2. The predicted molar refractivity (Wildman–Crippen MR) is 76.8 cm³/mol. The third kappa shape index (κ3) is 3.57. The van der Waals surface area contributed by atoms with Crippen LogP contribution in [0.5, 0.6) is 11.5 Å². The number of methoxy groups -OCH3 is 1. The molecule has 0 bridgehead atoms. The largest absolute Gasteiger partial charge is 0.491 e. The van der Waals surface area contributed by atoms with Gasteiger partial charge >= 0.3 is 5.92 Å². The number of halogens is 2. The summed E-state index contributed by atoms with van der Waals surface area (Å²) in [5.74, 6) is -2.89. The van der Waals surface area contributed by atoms with E-state index in [1.807, 2.05) is 6.92 Å². The van der Waals surface area contributed by atoms with Gasteiger partial charge in [-0.05, 0) is 13.0 Å². The fourth-order valence-electron chi connectivity index (χ4n) is 1.70. The lowest BCUT2D eigenvalue weighted by Gasteiger charge is -2.15. The molecule has 0 radical (unpaired) electrons. The molecule has 2 aromatic heterocycles. The standard InChI is InChI=1S/C14H16F2N4O2/c1-4-22-10-7-17-6-5-9(10)19-12-11(21-3)8-18-13(20-12)14(2,15)16/h5-8H,4H2,1-3H3,(H,17,18,19,20). The lowest BCUT2D eigenvalue weighted by atomic mass is 10.3. The molecule has 0 atom stereocenters. The van der Waals surface area contributed by atoms with Gasteiger partial charge in [0.15, 0.2) is 17.3 Å². The SMILES string of the molecule is CCOc1cnccc1Nc1nc(C(C)(F)F)ncc1OC. The van der Waals surface area contributed by atoms with Gasteiger partial charge in [0.2, 0.25) is 5.82 Å². The minimum absolute atomic E-state index is 0.126. The molecule has 1 N–H and O–H groups in total. The Kier molecular flexibility index (Phi) is 4.69. The molecule has 0 aromatic carbocycles. The zero-order valence-corrected chi connectivity index (χ0v) is 12.4. The van der Waals surface area contributed by atoms with E-state index < -0.39 is 11.7 Å². The Morgan fingerprint density at radius 2 is 2.05 bits per heavy atom. The topological polar surface area (TPSA) is 69.2 Å². The van der Waals surface area contributed by atoms with Gasteiger partial charge in [0.05, 0.1) is 31.8 Å². The van der Waals surface area contributed by atoms with Crippen LogP contribution < -0.4 is 14.8 Å². The van der Waals surface area contributed by atoms with Crippen molar-refractivity contribution in [1.29, 1.82) is 0 Å². The van der Waals surface area contributed by atoms with Crippen LogP contribution in [0.2, 0.25) is 0 Å². The molecule has 6 nitrogen and oxygen atoms in total. The number of hydrogen-bond donors (Lipinski definition) is 1. The quantitative estimate of drug-likeness (QED) is 0.884. The monoisotopic (exact) mass is 310 g/mol. The maximum atomic E-state index is 13.4. The van der Waals surface area contributed by atoms with Gasteiger partial charge in [-0.25, -0.2) is 9.97 Å². The summed E-state index contributed by atoms with van der Waals surface area (Å²) in [6.07, 6.45) is 4.27. The molecule has 0 aliphatic heterocycles. The zero-order valence-electron chi connectivity index (χ0n) is 12.4. The van der Waals surface area contributed by atoms with Gasteiger partial charge in [-0.2, -0.15) is 8.78 Å². The second kappa shape index (κ2) is 6.50. The minimum atomic E-state index is -3.15. The molecule has 2 aromatic rings. The second-order valence-corrected chi connectivity index (χ2v) is 4.43. The summed E-state index contributed by atoms with van der Waals surface area (Å²) in [7, 11) is 1.41. The number of nitrogens with one attached hydrogen (secondary N) is 1. The number of aromatic nitrogens is 3. The van der Waals surface area contributed by atoms with Crippen molar-refractivity contribution < 1.29 is 18.3 Å². The normalized spacial score (nSPS) is 11.1. The van der Waals surface area contributed by atoms with Crippen molar-refractivity contribution in [2.45, 2.75) is 19.8 Å².